The molecule has 8 nitrogen and oxygen atoms in total. The number of aliphatic hydroxyl groups is 1. The van der Waals surface area contributed by atoms with Gasteiger partial charge >= 0.3 is 0 Å². The molecule has 0 saturated carbocycles. The molecule has 2 rings (SSSR count). The van der Waals surface area contributed by atoms with Gasteiger partial charge in [0.1, 0.15) is 5.82 Å². The predicted molar refractivity (Wildman–Crippen MR) is 111 cm³/mol. The maximum Gasteiger partial charge on any atom is 0.170 e. The summed E-state index contributed by atoms with van der Waals surface area (Å²) >= 11 is 5.15. The summed E-state index contributed by atoms with van der Waals surface area (Å²) in [6, 6.07) is 8.91. The molecule has 0 aliphatic rings. The number of rotatable bonds is 8. The topological polar surface area (TPSA) is 116 Å². The molecule has 0 aliphatic heterocycles. The molecule has 0 unspecified atom stereocenters. The van der Waals surface area contributed by atoms with Crippen LogP contribution in [0.1, 0.15) is 12.6 Å². The molecule has 0 spiro atoms. The Labute approximate surface area is 164 Å². The standard InChI is InChI=1S/C17H23N5O3S2/c1-3-18-17(26)21-13-6-4-12(5-7-13)16-20-14(11-27(2,24)25)10-15(22-16)19-8-9-23/h4-7,10,23H,3,8-9,11H2,1-2H3,(H2,18,21,26)(H,19,20,22). The minimum atomic E-state index is -3.24. The number of aliphatic hydroxyl groups excluding tert-OH is 1. The van der Waals surface area contributed by atoms with Crippen LogP contribution < -0.4 is 16.0 Å². The number of anilines is 2. The van der Waals surface area contributed by atoms with Gasteiger partial charge < -0.3 is 21.1 Å². The molecular formula is C17H23N5O3S2. The van der Waals surface area contributed by atoms with Gasteiger partial charge in [-0.05, 0) is 43.4 Å². The van der Waals surface area contributed by atoms with Crippen LogP contribution in [-0.4, -0.2) is 54.6 Å². The van der Waals surface area contributed by atoms with Crippen molar-refractivity contribution in [3.05, 3.63) is 36.0 Å². The van der Waals surface area contributed by atoms with E-state index < -0.39 is 9.84 Å². The number of aromatic nitrogens is 2. The number of hydrogen-bond acceptors (Lipinski definition) is 7. The van der Waals surface area contributed by atoms with Gasteiger partial charge in [-0.25, -0.2) is 18.4 Å². The zero-order valence-corrected chi connectivity index (χ0v) is 16.8. The average Bonchev–Trinajstić information content (AvgIpc) is 2.59. The molecule has 0 fully saturated rings. The number of nitrogens with one attached hydrogen (secondary N) is 3. The predicted octanol–water partition coefficient (Wildman–Crippen LogP) is 1.40. The van der Waals surface area contributed by atoms with Crippen LogP contribution >= 0.6 is 12.2 Å². The summed E-state index contributed by atoms with van der Waals surface area (Å²) in [6.45, 7) is 2.93. The Morgan fingerprint density at radius 3 is 2.52 bits per heavy atom. The molecule has 0 atom stereocenters. The van der Waals surface area contributed by atoms with E-state index in [0.29, 0.717) is 29.0 Å². The van der Waals surface area contributed by atoms with E-state index in [0.717, 1.165) is 24.1 Å². The van der Waals surface area contributed by atoms with Crippen molar-refractivity contribution < 1.29 is 13.5 Å². The zero-order valence-electron chi connectivity index (χ0n) is 15.2. The molecule has 10 heteroatoms. The Kier molecular flexibility index (Phi) is 7.45. The summed E-state index contributed by atoms with van der Waals surface area (Å²) in [4.78, 5) is 8.77. The number of thiocarbonyl (C=S) groups is 1. The highest BCUT2D eigenvalue weighted by Gasteiger charge is 2.12. The minimum absolute atomic E-state index is 0.0627. The lowest BCUT2D eigenvalue weighted by Crippen LogP contribution is -2.27. The first-order chi connectivity index (χ1) is 12.8. The summed E-state index contributed by atoms with van der Waals surface area (Å²) in [6.07, 6.45) is 1.16. The molecule has 1 aromatic carbocycles. The maximum absolute atomic E-state index is 11.6. The van der Waals surface area contributed by atoms with E-state index in [1.807, 2.05) is 31.2 Å². The van der Waals surface area contributed by atoms with Gasteiger partial charge in [0.05, 0.1) is 18.1 Å². The van der Waals surface area contributed by atoms with Crippen LogP contribution in [0.2, 0.25) is 0 Å². The van der Waals surface area contributed by atoms with Crippen molar-refractivity contribution in [2.24, 2.45) is 0 Å². The van der Waals surface area contributed by atoms with E-state index >= 15 is 0 Å². The summed E-state index contributed by atoms with van der Waals surface area (Å²) < 4.78 is 23.3. The van der Waals surface area contributed by atoms with Gasteiger partial charge in [0, 0.05) is 36.7 Å². The van der Waals surface area contributed by atoms with Crippen LogP contribution in [0, 0.1) is 0 Å². The highest BCUT2D eigenvalue weighted by Crippen LogP contribution is 2.21. The molecular weight excluding hydrogens is 386 g/mol. The zero-order chi connectivity index (χ0) is 19.9. The fourth-order valence-electron chi connectivity index (χ4n) is 2.28. The SMILES string of the molecule is CCNC(=S)Nc1ccc(-c2nc(CS(C)(=O)=O)cc(NCCO)n2)cc1. The van der Waals surface area contributed by atoms with E-state index in [2.05, 4.69) is 25.9 Å². The Hall–Kier alpha value is -2.30. The van der Waals surface area contributed by atoms with Gasteiger partial charge in [0.15, 0.2) is 20.8 Å². The molecule has 4 N–H and O–H groups in total. The lowest BCUT2D eigenvalue weighted by atomic mass is 10.2. The van der Waals surface area contributed by atoms with Crippen molar-refractivity contribution in [1.29, 1.82) is 0 Å². The summed E-state index contributed by atoms with van der Waals surface area (Å²) in [5.41, 5.74) is 1.94. The molecule has 1 heterocycles. The largest absolute Gasteiger partial charge is 0.395 e. The second kappa shape index (κ2) is 9.58. The maximum atomic E-state index is 11.6. The first-order valence-electron chi connectivity index (χ1n) is 8.36. The van der Waals surface area contributed by atoms with E-state index in [4.69, 9.17) is 17.3 Å². The normalized spacial score (nSPS) is 11.1. The molecule has 0 aliphatic carbocycles. The minimum Gasteiger partial charge on any atom is -0.395 e. The van der Waals surface area contributed by atoms with Crippen LogP contribution in [0.5, 0.6) is 0 Å². The van der Waals surface area contributed by atoms with Crippen molar-refractivity contribution in [3.63, 3.8) is 0 Å². The van der Waals surface area contributed by atoms with E-state index in [1.165, 1.54) is 0 Å². The van der Waals surface area contributed by atoms with Crippen LogP contribution in [0.25, 0.3) is 11.4 Å². The fraction of sp³-hybridized carbons (Fsp3) is 0.353. The van der Waals surface area contributed by atoms with Crippen molar-refractivity contribution in [2.75, 3.05) is 36.6 Å². The third kappa shape index (κ3) is 7.08. The average molecular weight is 410 g/mol. The van der Waals surface area contributed by atoms with Crippen molar-refractivity contribution in [3.8, 4) is 11.4 Å². The lowest BCUT2D eigenvalue weighted by Gasteiger charge is -2.11. The third-order valence-corrected chi connectivity index (χ3v) is 4.41. The summed E-state index contributed by atoms with van der Waals surface area (Å²) in [5.74, 6) is 0.674. The van der Waals surface area contributed by atoms with Gasteiger partial charge in [0.25, 0.3) is 0 Å². The van der Waals surface area contributed by atoms with E-state index in [1.54, 1.807) is 6.07 Å². The number of sulfone groups is 1. The highest BCUT2D eigenvalue weighted by atomic mass is 32.2. The van der Waals surface area contributed by atoms with Crippen LogP contribution in [0.4, 0.5) is 11.5 Å². The van der Waals surface area contributed by atoms with Gasteiger partial charge in [-0.15, -0.1) is 0 Å². The van der Waals surface area contributed by atoms with E-state index in [9.17, 15) is 8.42 Å². The Balaban J connectivity index is 2.29. The number of benzene rings is 1. The summed E-state index contributed by atoms with van der Waals surface area (Å²) in [5, 5.41) is 18.5. The summed E-state index contributed by atoms with van der Waals surface area (Å²) in [7, 11) is -3.24. The van der Waals surface area contributed by atoms with Crippen LogP contribution in [-0.2, 0) is 15.6 Å². The molecule has 0 bridgehead atoms. The molecule has 1 aromatic heterocycles. The van der Waals surface area contributed by atoms with Gasteiger partial charge in [-0.3, -0.25) is 0 Å². The van der Waals surface area contributed by atoms with Crippen molar-refractivity contribution in [2.45, 2.75) is 12.7 Å². The highest BCUT2D eigenvalue weighted by molar-refractivity contribution is 7.89. The molecule has 27 heavy (non-hydrogen) atoms. The number of hydrogen-bond donors (Lipinski definition) is 4. The first kappa shape index (κ1) is 21.0. The molecule has 2 aromatic rings. The van der Waals surface area contributed by atoms with Crippen molar-refractivity contribution in [1.82, 2.24) is 15.3 Å². The molecule has 0 amide bonds. The van der Waals surface area contributed by atoms with Gasteiger partial charge in [0.2, 0.25) is 0 Å². The van der Waals surface area contributed by atoms with Crippen LogP contribution in [0.3, 0.4) is 0 Å². The van der Waals surface area contributed by atoms with Crippen LogP contribution in [0.15, 0.2) is 30.3 Å². The third-order valence-electron chi connectivity index (χ3n) is 3.35. The first-order valence-corrected chi connectivity index (χ1v) is 10.8. The number of nitrogens with zero attached hydrogens (tertiary/aromatic N) is 2. The fourth-order valence-corrected chi connectivity index (χ4v) is 3.23. The monoisotopic (exact) mass is 409 g/mol. The van der Waals surface area contributed by atoms with E-state index in [-0.39, 0.29) is 12.4 Å². The second-order valence-corrected chi connectivity index (χ2v) is 8.40. The molecule has 146 valence electrons. The molecule has 0 radical (unpaired) electrons. The molecule has 0 saturated heterocycles. The Morgan fingerprint density at radius 2 is 1.93 bits per heavy atom. The van der Waals surface area contributed by atoms with Gasteiger partial charge in [-0.2, -0.15) is 0 Å². The van der Waals surface area contributed by atoms with Crippen molar-refractivity contribution >= 4 is 38.7 Å². The Morgan fingerprint density at radius 1 is 1.22 bits per heavy atom. The smallest absolute Gasteiger partial charge is 0.170 e. The van der Waals surface area contributed by atoms with Gasteiger partial charge in [-0.1, -0.05) is 0 Å². The Bertz CT molecular complexity index is 886. The lowest BCUT2D eigenvalue weighted by molar-refractivity contribution is 0.311. The quantitative estimate of drug-likeness (QED) is 0.480. The second-order valence-electron chi connectivity index (χ2n) is 5.85.